The van der Waals surface area contributed by atoms with Crippen LogP contribution in [0.2, 0.25) is 0 Å². The SMILES string of the molecule is CCOc1ccc(NC(=O)[C@@H](C)n2nc(-c3ccc(OC)cc3)c3c(C)onc3c2=O)cc1. The minimum absolute atomic E-state index is 0.119. The van der Waals surface area contributed by atoms with Crippen molar-refractivity contribution in [1.29, 1.82) is 0 Å². The number of carbonyl (C=O) groups excluding carboxylic acids is 1. The van der Waals surface area contributed by atoms with E-state index in [-0.39, 0.29) is 5.52 Å². The predicted molar refractivity (Wildman–Crippen MR) is 124 cm³/mol. The summed E-state index contributed by atoms with van der Waals surface area (Å²) in [5, 5.41) is 11.8. The number of hydrogen-bond donors (Lipinski definition) is 1. The second kappa shape index (κ2) is 9.15. The molecule has 0 radical (unpaired) electrons. The number of nitrogens with zero attached hydrogens (tertiary/aromatic N) is 3. The van der Waals surface area contributed by atoms with Crippen molar-refractivity contribution in [2.75, 3.05) is 19.0 Å². The number of nitrogens with one attached hydrogen (secondary N) is 1. The van der Waals surface area contributed by atoms with E-state index in [0.29, 0.717) is 40.6 Å². The van der Waals surface area contributed by atoms with Gasteiger partial charge in [0.1, 0.15) is 29.0 Å². The Bertz CT molecular complexity index is 1340. The van der Waals surface area contributed by atoms with Gasteiger partial charge in [0.05, 0.1) is 19.1 Å². The smallest absolute Gasteiger partial charge is 0.297 e. The average molecular weight is 448 g/mol. The quantitative estimate of drug-likeness (QED) is 0.456. The Morgan fingerprint density at radius 3 is 2.42 bits per heavy atom. The maximum atomic E-state index is 13.1. The van der Waals surface area contributed by atoms with Crippen LogP contribution in [0.25, 0.3) is 22.2 Å². The van der Waals surface area contributed by atoms with Crippen LogP contribution in [0.4, 0.5) is 5.69 Å². The Morgan fingerprint density at radius 1 is 1.12 bits per heavy atom. The molecular weight excluding hydrogens is 424 g/mol. The van der Waals surface area contributed by atoms with Crippen molar-refractivity contribution in [3.05, 3.63) is 64.6 Å². The molecule has 0 saturated carbocycles. The highest BCUT2D eigenvalue weighted by Gasteiger charge is 2.24. The van der Waals surface area contributed by atoms with E-state index in [2.05, 4.69) is 15.6 Å². The number of rotatable bonds is 7. The Morgan fingerprint density at radius 2 is 1.79 bits per heavy atom. The molecule has 4 rings (SSSR count). The summed E-state index contributed by atoms with van der Waals surface area (Å²) in [7, 11) is 1.58. The van der Waals surface area contributed by atoms with Crippen LogP contribution in [-0.4, -0.2) is 34.6 Å². The van der Waals surface area contributed by atoms with E-state index in [0.717, 1.165) is 10.2 Å². The molecule has 0 aliphatic carbocycles. The summed E-state index contributed by atoms with van der Waals surface area (Å²) in [6.45, 7) is 5.78. The lowest BCUT2D eigenvalue weighted by atomic mass is 10.1. The van der Waals surface area contributed by atoms with Crippen molar-refractivity contribution >= 4 is 22.5 Å². The van der Waals surface area contributed by atoms with Crippen LogP contribution in [0.5, 0.6) is 11.5 Å². The van der Waals surface area contributed by atoms with E-state index < -0.39 is 17.5 Å². The van der Waals surface area contributed by atoms with Gasteiger partial charge in [0, 0.05) is 11.3 Å². The van der Waals surface area contributed by atoms with E-state index in [1.807, 2.05) is 19.1 Å². The topological polar surface area (TPSA) is 108 Å². The normalized spacial score (nSPS) is 11.9. The maximum absolute atomic E-state index is 13.1. The van der Waals surface area contributed by atoms with Crippen LogP contribution in [0, 0.1) is 6.92 Å². The molecular formula is C24H24N4O5. The van der Waals surface area contributed by atoms with Gasteiger partial charge in [-0.1, -0.05) is 5.16 Å². The van der Waals surface area contributed by atoms with Crippen LogP contribution in [0.1, 0.15) is 25.6 Å². The highest BCUT2D eigenvalue weighted by atomic mass is 16.5. The number of aromatic nitrogens is 3. The first-order valence-corrected chi connectivity index (χ1v) is 10.5. The summed E-state index contributed by atoms with van der Waals surface area (Å²) >= 11 is 0. The molecule has 0 aliphatic rings. The molecule has 9 heteroatoms. The van der Waals surface area contributed by atoms with Gasteiger partial charge >= 0.3 is 0 Å². The zero-order chi connectivity index (χ0) is 23.5. The highest BCUT2D eigenvalue weighted by molar-refractivity contribution is 5.95. The molecule has 4 aromatic rings. The third kappa shape index (κ3) is 4.30. The molecule has 170 valence electrons. The van der Waals surface area contributed by atoms with E-state index in [1.54, 1.807) is 57.4 Å². The number of methoxy groups -OCH3 is 1. The fourth-order valence-electron chi connectivity index (χ4n) is 3.48. The van der Waals surface area contributed by atoms with Gasteiger partial charge in [-0.15, -0.1) is 0 Å². The van der Waals surface area contributed by atoms with Crippen molar-refractivity contribution in [1.82, 2.24) is 14.9 Å². The summed E-state index contributed by atoms with van der Waals surface area (Å²) < 4.78 is 17.1. The Kier molecular flexibility index (Phi) is 6.12. The molecule has 2 aromatic carbocycles. The van der Waals surface area contributed by atoms with Gasteiger partial charge in [-0.25, -0.2) is 4.68 Å². The zero-order valence-electron chi connectivity index (χ0n) is 18.8. The summed E-state index contributed by atoms with van der Waals surface area (Å²) in [6, 6.07) is 13.3. The van der Waals surface area contributed by atoms with Crippen molar-refractivity contribution in [2.24, 2.45) is 0 Å². The highest BCUT2D eigenvalue weighted by Crippen LogP contribution is 2.29. The number of aryl methyl sites for hydroxylation is 1. The molecule has 0 aliphatic heterocycles. The first-order valence-electron chi connectivity index (χ1n) is 10.5. The lowest BCUT2D eigenvalue weighted by Gasteiger charge is -2.16. The molecule has 1 amide bonds. The second-order valence-corrected chi connectivity index (χ2v) is 7.41. The number of carbonyl (C=O) groups is 1. The fraction of sp³-hybridized carbons (Fsp3) is 0.250. The maximum Gasteiger partial charge on any atom is 0.297 e. The summed E-state index contributed by atoms with van der Waals surface area (Å²) in [5.41, 5.74) is 1.42. The molecule has 0 spiro atoms. The van der Waals surface area contributed by atoms with Gasteiger partial charge in [0.15, 0.2) is 5.52 Å². The largest absolute Gasteiger partial charge is 0.497 e. The van der Waals surface area contributed by atoms with Crippen LogP contribution in [0.15, 0.2) is 57.8 Å². The number of benzene rings is 2. The van der Waals surface area contributed by atoms with Gasteiger partial charge in [0.2, 0.25) is 5.91 Å². The molecule has 2 heterocycles. The van der Waals surface area contributed by atoms with E-state index in [1.165, 1.54) is 0 Å². The number of amides is 1. The molecule has 2 aromatic heterocycles. The minimum Gasteiger partial charge on any atom is -0.497 e. The standard InChI is InChI=1S/C24H24N4O5/c1-5-32-19-12-8-17(9-13-19)25-23(29)14(2)28-24(30)22-20(15(3)33-27-22)21(26-28)16-6-10-18(31-4)11-7-16/h6-14H,5H2,1-4H3,(H,25,29)/t14-/m1/s1. The van der Waals surface area contributed by atoms with Crippen LogP contribution in [0.3, 0.4) is 0 Å². The van der Waals surface area contributed by atoms with Gasteiger partial charge in [-0.2, -0.15) is 5.10 Å². The van der Waals surface area contributed by atoms with Gasteiger partial charge < -0.3 is 19.3 Å². The van der Waals surface area contributed by atoms with Crippen LogP contribution < -0.4 is 20.3 Å². The molecule has 0 unspecified atom stereocenters. The molecule has 0 bridgehead atoms. The number of anilines is 1. The Labute approximate surface area is 189 Å². The number of fused-ring (bicyclic) bond motifs is 1. The first kappa shape index (κ1) is 22.1. The first-order chi connectivity index (χ1) is 15.9. The second-order valence-electron chi connectivity index (χ2n) is 7.41. The van der Waals surface area contributed by atoms with Crippen LogP contribution >= 0.6 is 0 Å². The third-order valence-corrected chi connectivity index (χ3v) is 5.26. The van der Waals surface area contributed by atoms with Crippen molar-refractivity contribution < 1.29 is 18.8 Å². The molecule has 9 nitrogen and oxygen atoms in total. The fourth-order valence-corrected chi connectivity index (χ4v) is 3.48. The predicted octanol–water partition coefficient (Wildman–Crippen LogP) is 3.97. The lowest BCUT2D eigenvalue weighted by Crippen LogP contribution is -2.34. The molecule has 0 fully saturated rings. The van der Waals surface area contributed by atoms with Gasteiger partial charge in [0.25, 0.3) is 5.56 Å². The number of hydrogen-bond acceptors (Lipinski definition) is 7. The molecule has 0 saturated heterocycles. The average Bonchev–Trinajstić information content (AvgIpc) is 3.22. The monoisotopic (exact) mass is 448 g/mol. The van der Waals surface area contributed by atoms with E-state index in [9.17, 15) is 9.59 Å². The minimum atomic E-state index is -0.900. The molecule has 1 N–H and O–H groups in total. The van der Waals surface area contributed by atoms with Crippen molar-refractivity contribution in [3.63, 3.8) is 0 Å². The van der Waals surface area contributed by atoms with Crippen molar-refractivity contribution in [2.45, 2.75) is 26.8 Å². The summed E-state index contributed by atoms with van der Waals surface area (Å²) in [6.07, 6.45) is 0. The molecule has 33 heavy (non-hydrogen) atoms. The third-order valence-electron chi connectivity index (χ3n) is 5.26. The lowest BCUT2D eigenvalue weighted by molar-refractivity contribution is -0.119. The summed E-state index contributed by atoms with van der Waals surface area (Å²) in [5.74, 6) is 1.47. The van der Waals surface area contributed by atoms with E-state index in [4.69, 9.17) is 14.0 Å². The number of ether oxygens (including phenoxy) is 2. The van der Waals surface area contributed by atoms with Crippen LogP contribution in [-0.2, 0) is 4.79 Å². The van der Waals surface area contributed by atoms with E-state index >= 15 is 0 Å². The van der Waals surface area contributed by atoms with Crippen molar-refractivity contribution in [3.8, 4) is 22.8 Å². The Hall–Kier alpha value is -4.14. The Balaban J connectivity index is 1.71. The van der Waals surface area contributed by atoms with Gasteiger partial charge in [-0.05, 0) is 69.3 Å². The van der Waals surface area contributed by atoms with Gasteiger partial charge in [-0.3, -0.25) is 9.59 Å². The zero-order valence-corrected chi connectivity index (χ0v) is 18.8. The summed E-state index contributed by atoms with van der Waals surface area (Å²) in [4.78, 5) is 26.0. The molecule has 1 atom stereocenters.